The molecule has 1 aromatic carbocycles. The Hall–Kier alpha value is -2.11. The van der Waals surface area contributed by atoms with Crippen molar-refractivity contribution in [1.29, 1.82) is 0 Å². The smallest absolute Gasteiger partial charge is 0.322 e. The highest BCUT2D eigenvalue weighted by molar-refractivity contribution is 6.34. The van der Waals surface area contributed by atoms with Gasteiger partial charge in [0.05, 0.1) is 10.7 Å². The maximum Gasteiger partial charge on any atom is 0.322 e. The van der Waals surface area contributed by atoms with Gasteiger partial charge in [-0.3, -0.25) is 4.98 Å². The Morgan fingerprint density at radius 3 is 2.62 bits per heavy atom. The second-order valence-electron chi connectivity index (χ2n) is 5.72. The number of amides is 2. The number of hydrogen-bond donors (Lipinski definition) is 2. The highest BCUT2D eigenvalue weighted by atomic mass is 35.5. The summed E-state index contributed by atoms with van der Waals surface area (Å²) in [6.07, 6.45) is 3.90. The molecule has 2 aromatic rings. The number of carbonyl (C=O) groups is 1. The number of urea groups is 1. The van der Waals surface area contributed by atoms with Crippen molar-refractivity contribution in [2.75, 3.05) is 18.5 Å². The number of aryl methyl sites for hydroxylation is 2. The van der Waals surface area contributed by atoms with Crippen LogP contribution >= 0.6 is 11.6 Å². The molecule has 0 saturated heterocycles. The van der Waals surface area contributed by atoms with Gasteiger partial charge in [-0.25, -0.2) is 4.79 Å². The van der Waals surface area contributed by atoms with E-state index in [4.69, 9.17) is 16.7 Å². The predicted molar refractivity (Wildman–Crippen MR) is 96.3 cm³/mol. The van der Waals surface area contributed by atoms with Gasteiger partial charge in [0.1, 0.15) is 0 Å². The molecule has 0 aliphatic rings. The second-order valence-corrected chi connectivity index (χ2v) is 6.13. The molecule has 0 aliphatic carbocycles. The third-order valence-electron chi connectivity index (χ3n) is 3.66. The number of pyridine rings is 1. The fourth-order valence-corrected chi connectivity index (χ4v) is 2.85. The Morgan fingerprint density at radius 2 is 2.00 bits per heavy atom. The molecule has 5 nitrogen and oxygen atoms in total. The third kappa shape index (κ3) is 4.94. The van der Waals surface area contributed by atoms with Crippen molar-refractivity contribution in [2.45, 2.75) is 26.8 Å². The number of nitrogens with zero attached hydrogens (tertiary/aromatic N) is 2. The lowest BCUT2D eigenvalue weighted by molar-refractivity contribution is 0.199. The van der Waals surface area contributed by atoms with Crippen LogP contribution in [0.1, 0.15) is 23.1 Å². The highest BCUT2D eigenvalue weighted by Crippen LogP contribution is 2.27. The van der Waals surface area contributed by atoms with E-state index >= 15 is 0 Å². The maximum atomic E-state index is 12.7. The van der Waals surface area contributed by atoms with Crippen molar-refractivity contribution < 1.29 is 9.90 Å². The summed E-state index contributed by atoms with van der Waals surface area (Å²) in [6.45, 7) is 4.80. The minimum atomic E-state index is -0.242. The average Bonchev–Trinajstić information content (AvgIpc) is 2.55. The van der Waals surface area contributed by atoms with Gasteiger partial charge in [-0.05, 0) is 55.2 Å². The van der Waals surface area contributed by atoms with Crippen LogP contribution in [0.4, 0.5) is 10.5 Å². The van der Waals surface area contributed by atoms with E-state index in [0.717, 1.165) is 16.7 Å². The van der Waals surface area contributed by atoms with Gasteiger partial charge in [-0.2, -0.15) is 0 Å². The van der Waals surface area contributed by atoms with Crippen molar-refractivity contribution in [3.8, 4) is 0 Å². The number of halogens is 1. The Labute approximate surface area is 147 Å². The van der Waals surface area contributed by atoms with Crippen LogP contribution in [0.15, 0.2) is 36.7 Å². The summed E-state index contributed by atoms with van der Waals surface area (Å²) >= 11 is 6.27. The van der Waals surface area contributed by atoms with E-state index in [1.54, 1.807) is 17.3 Å². The summed E-state index contributed by atoms with van der Waals surface area (Å²) in [5, 5.41) is 12.5. The molecule has 1 aromatic heterocycles. The molecule has 0 aliphatic heterocycles. The van der Waals surface area contributed by atoms with E-state index in [-0.39, 0.29) is 12.6 Å². The molecule has 0 atom stereocenters. The number of rotatable bonds is 6. The Bertz CT molecular complexity index is 669. The van der Waals surface area contributed by atoms with Gasteiger partial charge < -0.3 is 15.3 Å². The van der Waals surface area contributed by atoms with Gasteiger partial charge in [-0.1, -0.05) is 17.7 Å². The molecule has 0 saturated carbocycles. The van der Waals surface area contributed by atoms with Gasteiger partial charge in [0.2, 0.25) is 0 Å². The van der Waals surface area contributed by atoms with Crippen LogP contribution < -0.4 is 5.32 Å². The van der Waals surface area contributed by atoms with Crippen LogP contribution in [0, 0.1) is 13.8 Å². The number of benzene rings is 1. The lowest BCUT2D eigenvalue weighted by Gasteiger charge is -2.24. The zero-order chi connectivity index (χ0) is 17.5. The fraction of sp³-hybridized carbons (Fsp3) is 0.333. The van der Waals surface area contributed by atoms with Crippen LogP contribution in [0.25, 0.3) is 0 Å². The van der Waals surface area contributed by atoms with Gasteiger partial charge in [0.25, 0.3) is 0 Å². The average molecular weight is 348 g/mol. The van der Waals surface area contributed by atoms with E-state index in [9.17, 15) is 4.79 Å². The predicted octanol–water partition coefficient (Wildman–Crippen LogP) is 3.77. The van der Waals surface area contributed by atoms with E-state index in [0.29, 0.717) is 30.2 Å². The summed E-state index contributed by atoms with van der Waals surface area (Å²) in [4.78, 5) is 18.3. The normalized spacial score (nSPS) is 10.5. The van der Waals surface area contributed by atoms with E-state index in [1.165, 1.54) is 0 Å². The Morgan fingerprint density at radius 1 is 1.29 bits per heavy atom. The lowest BCUT2D eigenvalue weighted by Crippen LogP contribution is -2.36. The molecule has 128 valence electrons. The number of aliphatic hydroxyl groups excluding tert-OH is 1. The lowest BCUT2D eigenvalue weighted by atomic mass is 10.1. The minimum absolute atomic E-state index is 0.0322. The number of aliphatic hydroxyl groups is 1. The molecule has 2 amide bonds. The molecule has 0 unspecified atom stereocenters. The summed E-state index contributed by atoms with van der Waals surface area (Å²) in [5.74, 6) is 0. The maximum absolute atomic E-state index is 12.7. The molecular formula is C18H22ClN3O2. The summed E-state index contributed by atoms with van der Waals surface area (Å²) in [7, 11) is 0. The molecular weight excluding hydrogens is 326 g/mol. The molecule has 0 spiro atoms. The topological polar surface area (TPSA) is 65.5 Å². The molecule has 0 radical (unpaired) electrons. The molecule has 6 heteroatoms. The summed E-state index contributed by atoms with van der Waals surface area (Å²) in [6, 6.07) is 7.29. The van der Waals surface area contributed by atoms with Crippen LogP contribution in [-0.2, 0) is 6.54 Å². The second kappa shape index (κ2) is 8.66. The minimum Gasteiger partial charge on any atom is -0.396 e. The summed E-state index contributed by atoms with van der Waals surface area (Å²) in [5.41, 5.74) is 3.56. The standard InChI is InChI=1S/C18H22ClN3O2/c1-13-10-14(2)17(16(19)11-13)21-18(24)22(8-3-9-23)12-15-4-6-20-7-5-15/h4-7,10-11,23H,3,8-9,12H2,1-2H3,(H,21,24). The van der Waals surface area contributed by atoms with E-state index in [2.05, 4.69) is 10.3 Å². The van der Waals surface area contributed by atoms with Crippen LogP contribution in [-0.4, -0.2) is 34.2 Å². The van der Waals surface area contributed by atoms with Gasteiger partial charge in [0, 0.05) is 32.1 Å². The van der Waals surface area contributed by atoms with Crippen LogP contribution in [0.5, 0.6) is 0 Å². The van der Waals surface area contributed by atoms with Crippen molar-refractivity contribution in [3.05, 3.63) is 58.4 Å². The van der Waals surface area contributed by atoms with Crippen molar-refractivity contribution in [1.82, 2.24) is 9.88 Å². The largest absolute Gasteiger partial charge is 0.396 e. The number of hydrogen-bond acceptors (Lipinski definition) is 3. The molecule has 0 fully saturated rings. The Kier molecular flexibility index (Phi) is 6.58. The fourth-order valence-electron chi connectivity index (χ4n) is 2.48. The monoisotopic (exact) mass is 347 g/mol. The first-order valence-corrected chi connectivity index (χ1v) is 8.21. The third-order valence-corrected chi connectivity index (χ3v) is 3.96. The van der Waals surface area contributed by atoms with Gasteiger partial charge in [-0.15, -0.1) is 0 Å². The molecule has 1 heterocycles. The van der Waals surface area contributed by atoms with E-state index < -0.39 is 0 Å². The molecule has 2 rings (SSSR count). The Balaban J connectivity index is 2.15. The zero-order valence-electron chi connectivity index (χ0n) is 13.9. The molecule has 24 heavy (non-hydrogen) atoms. The van der Waals surface area contributed by atoms with E-state index in [1.807, 2.05) is 38.1 Å². The first-order chi connectivity index (χ1) is 11.5. The zero-order valence-corrected chi connectivity index (χ0v) is 14.7. The molecule has 0 bridgehead atoms. The number of carbonyl (C=O) groups excluding carboxylic acids is 1. The summed E-state index contributed by atoms with van der Waals surface area (Å²) < 4.78 is 0. The van der Waals surface area contributed by atoms with Gasteiger partial charge >= 0.3 is 6.03 Å². The van der Waals surface area contributed by atoms with Crippen LogP contribution in [0.3, 0.4) is 0 Å². The quantitative estimate of drug-likeness (QED) is 0.836. The van der Waals surface area contributed by atoms with Crippen molar-refractivity contribution in [3.63, 3.8) is 0 Å². The highest BCUT2D eigenvalue weighted by Gasteiger charge is 2.16. The van der Waals surface area contributed by atoms with Gasteiger partial charge in [0.15, 0.2) is 0 Å². The molecule has 2 N–H and O–H groups in total. The number of nitrogens with one attached hydrogen (secondary N) is 1. The SMILES string of the molecule is Cc1cc(C)c(NC(=O)N(CCCO)Cc2ccncc2)c(Cl)c1. The number of anilines is 1. The number of aromatic nitrogens is 1. The van der Waals surface area contributed by atoms with Crippen LogP contribution in [0.2, 0.25) is 5.02 Å². The first kappa shape index (κ1) is 18.2. The first-order valence-electron chi connectivity index (χ1n) is 7.83. The van der Waals surface area contributed by atoms with Crippen molar-refractivity contribution >= 4 is 23.3 Å². The van der Waals surface area contributed by atoms with Crippen molar-refractivity contribution in [2.24, 2.45) is 0 Å².